The van der Waals surface area contributed by atoms with Crippen LogP contribution in [0, 0.1) is 6.92 Å². The molecular formula is C38H27N5O6. The normalized spacial score (nSPS) is 11.0. The number of fused-ring (bicyclic) bond motifs is 1. The maximum Gasteiger partial charge on any atom is 0.353 e. The topological polar surface area (TPSA) is 160 Å². The Labute approximate surface area is 278 Å². The number of hydrogen-bond donors (Lipinski definition) is 3. The number of hydrogen-bond acceptors (Lipinski definition) is 8. The number of carboxylic acids is 2. The van der Waals surface area contributed by atoms with Crippen molar-refractivity contribution in [3.8, 4) is 33.6 Å². The summed E-state index contributed by atoms with van der Waals surface area (Å²) in [5.41, 5.74) is 4.29. The van der Waals surface area contributed by atoms with E-state index >= 15 is 0 Å². The minimum absolute atomic E-state index is 0.0793. The lowest BCUT2D eigenvalue weighted by molar-refractivity contribution is 0.0679. The van der Waals surface area contributed by atoms with Crippen LogP contribution in [0.1, 0.15) is 32.2 Å². The van der Waals surface area contributed by atoms with Crippen LogP contribution in [0.3, 0.4) is 0 Å². The van der Waals surface area contributed by atoms with E-state index in [-0.39, 0.29) is 23.8 Å². The number of nitrogens with zero attached hydrogens (tertiary/aromatic N) is 4. The Morgan fingerprint density at radius 3 is 2.16 bits per heavy atom. The van der Waals surface area contributed by atoms with Gasteiger partial charge in [-0.2, -0.15) is 0 Å². The monoisotopic (exact) mass is 649 g/mol. The minimum atomic E-state index is -1.28. The van der Waals surface area contributed by atoms with Gasteiger partial charge < -0.3 is 20.1 Å². The third-order valence-corrected chi connectivity index (χ3v) is 8.16. The van der Waals surface area contributed by atoms with E-state index < -0.39 is 17.5 Å². The van der Waals surface area contributed by atoms with Gasteiger partial charge in [-0.15, -0.1) is 0 Å². The lowest BCUT2D eigenvalue weighted by Crippen LogP contribution is -2.28. The van der Waals surface area contributed by atoms with Crippen LogP contribution in [0.25, 0.3) is 44.4 Å². The second kappa shape index (κ2) is 12.7. The van der Waals surface area contributed by atoms with Gasteiger partial charge in [0.05, 0.1) is 23.4 Å². The van der Waals surface area contributed by atoms with Crippen LogP contribution < -0.4 is 10.9 Å². The molecule has 0 fully saturated rings. The lowest BCUT2D eigenvalue weighted by Gasteiger charge is -2.18. The molecule has 49 heavy (non-hydrogen) atoms. The number of benzene rings is 4. The fourth-order valence-corrected chi connectivity index (χ4v) is 5.88. The molecule has 7 aromatic rings. The number of rotatable bonds is 9. The molecule has 4 aromatic carbocycles. The summed E-state index contributed by atoms with van der Waals surface area (Å²) in [6.45, 7) is 1.74. The summed E-state index contributed by atoms with van der Waals surface area (Å²) in [5.74, 6) is -1.50. The third-order valence-electron chi connectivity index (χ3n) is 8.16. The van der Waals surface area contributed by atoms with E-state index in [0.29, 0.717) is 50.3 Å². The van der Waals surface area contributed by atoms with Crippen molar-refractivity contribution in [3.63, 3.8) is 0 Å². The molecule has 0 amide bonds. The van der Waals surface area contributed by atoms with Crippen molar-refractivity contribution in [2.75, 3.05) is 5.32 Å². The highest BCUT2D eigenvalue weighted by Gasteiger charge is 2.24. The molecule has 3 aromatic heterocycles. The second-order valence-electron chi connectivity index (χ2n) is 11.3. The molecule has 0 spiro atoms. The summed E-state index contributed by atoms with van der Waals surface area (Å²) in [6.07, 6.45) is 1.62. The van der Waals surface area contributed by atoms with Gasteiger partial charge in [-0.3, -0.25) is 9.36 Å². The molecule has 0 saturated heterocycles. The van der Waals surface area contributed by atoms with Gasteiger partial charge in [0, 0.05) is 28.4 Å². The number of nitrogens with one attached hydrogen (secondary N) is 1. The van der Waals surface area contributed by atoms with Crippen molar-refractivity contribution in [1.29, 1.82) is 0 Å². The molecule has 0 aliphatic carbocycles. The van der Waals surface area contributed by atoms with Gasteiger partial charge >= 0.3 is 11.9 Å². The first-order valence-electron chi connectivity index (χ1n) is 15.2. The number of aromatic nitrogens is 4. The average Bonchev–Trinajstić information content (AvgIpc) is 3.51. The minimum Gasteiger partial charge on any atom is -0.478 e. The Morgan fingerprint density at radius 2 is 1.49 bits per heavy atom. The number of aromatic carboxylic acids is 2. The van der Waals surface area contributed by atoms with E-state index in [1.165, 1.54) is 16.7 Å². The van der Waals surface area contributed by atoms with Gasteiger partial charge in [0.2, 0.25) is 5.95 Å². The van der Waals surface area contributed by atoms with Crippen LogP contribution in [-0.4, -0.2) is 41.8 Å². The first-order chi connectivity index (χ1) is 23.8. The van der Waals surface area contributed by atoms with Crippen LogP contribution in [0.2, 0.25) is 0 Å². The highest BCUT2D eigenvalue weighted by Crippen LogP contribution is 2.35. The fraction of sp³-hybridized carbons (Fsp3) is 0.0526. The Bertz CT molecular complexity index is 2420. The molecule has 0 bridgehead atoms. The zero-order valence-corrected chi connectivity index (χ0v) is 26.0. The summed E-state index contributed by atoms with van der Waals surface area (Å²) in [5, 5.41) is 28.1. The number of carboxylic acid groups (broad SMARTS) is 2. The van der Waals surface area contributed by atoms with Crippen LogP contribution in [0.4, 0.5) is 11.6 Å². The zero-order chi connectivity index (χ0) is 34.1. The molecule has 0 aliphatic heterocycles. The maximum absolute atomic E-state index is 14.0. The molecule has 11 nitrogen and oxygen atoms in total. The van der Waals surface area contributed by atoms with E-state index in [9.17, 15) is 24.6 Å². The van der Waals surface area contributed by atoms with Gasteiger partial charge in [0.15, 0.2) is 0 Å². The van der Waals surface area contributed by atoms with Gasteiger partial charge in [-0.25, -0.2) is 19.6 Å². The molecule has 3 N–H and O–H groups in total. The highest BCUT2D eigenvalue weighted by atomic mass is 16.5. The number of pyridine rings is 1. The molecule has 11 heteroatoms. The van der Waals surface area contributed by atoms with Crippen LogP contribution in [-0.2, 0) is 6.54 Å². The predicted molar refractivity (Wildman–Crippen MR) is 184 cm³/mol. The van der Waals surface area contributed by atoms with E-state index in [1.807, 2.05) is 43.3 Å². The SMILES string of the molecule is Cc1onc(-c2ccccc2)c1-c1ccnc(Nc2ccc3c(=O)n(Cc4ccc(C(=O)O)cc4)c(C(=O)O)c(-c4ccccc4)c3c2)n1. The summed E-state index contributed by atoms with van der Waals surface area (Å²) < 4.78 is 6.75. The van der Waals surface area contributed by atoms with Gasteiger partial charge in [-0.1, -0.05) is 78.0 Å². The van der Waals surface area contributed by atoms with E-state index in [2.05, 4.69) is 15.5 Å². The number of carbonyl (C=O) groups is 2. The molecular weight excluding hydrogens is 622 g/mol. The molecule has 240 valence electrons. The summed E-state index contributed by atoms with van der Waals surface area (Å²) in [7, 11) is 0. The standard InChI is InChI=1S/C38H27N5O6/c1-22-31(33(42-49-22)25-10-6-3-7-11-25)30-18-19-39-38(41-30)40-27-16-17-28-29(20-27)32(24-8-4-2-5-9-24)34(37(47)48)43(35(28)44)21-23-12-14-26(15-13-23)36(45)46/h2-20H,21H2,1H3,(H,45,46)(H,47,48)(H,39,40,41). The van der Waals surface area contributed by atoms with Crippen molar-refractivity contribution < 1.29 is 24.3 Å². The molecule has 7 rings (SSSR count). The molecule has 0 aliphatic rings. The second-order valence-corrected chi connectivity index (χ2v) is 11.3. The first kappa shape index (κ1) is 30.8. The Kier molecular flexibility index (Phi) is 7.99. The molecule has 3 heterocycles. The largest absolute Gasteiger partial charge is 0.478 e. The van der Waals surface area contributed by atoms with Crippen molar-refractivity contribution in [3.05, 3.63) is 148 Å². The smallest absolute Gasteiger partial charge is 0.353 e. The summed E-state index contributed by atoms with van der Waals surface area (Å²) >= 11 is 0. The summed E-state index contributed by atoms with van der Waals surface area (Å²) in [6, 6.07) is 31.4. The highest BCUT2D eigenvalue weighted by molar-refractivity contribution is 6.07. The van der Waals surface area contributed by atoms with Crippen molar-refractivity contribution in [1.82, 2.24) is 19.7 Å². The zero-order valence-electron chi connectivity index (χ0n) is 26.0. The lowest BCUT2D eigenvalue weighted by atomic mass is 9.96. The third kappa shape index (κ3) is 5.92. The van der Waals surface area contributed by atoms with E-state index in [1.54, 1.807) is 66.9 Å². The van der Waals surface area contributed by atoms with Gasteiger partial charge in [0.25, 0.3) is 5.56 Å². The predicted octanol–water partition coefficient (Wildman–Crippen LogP) is 7.28. The number of aryl methyl sites for hydroxylation is 1. The van der Waals surface area contributed by atoms with Crippen molar-refractivity contribution >= 4 is 34.3 Å². The fourth-order valence-electron chi connectivity index (χ4n) is 5.88. The van der Waals surface area contributed by atoms with Gasteiger partial charge in [-0.05, 0) is 59.8 Å². The Hall–Kier alpha value is -6.88. The number of anilines is 2. The van der Waals surface area contributed by atoms with Crippen molar-refractivity contribution in [2.24, 2.45) is 0 Å². The van der Waals surface area contributed by atoms with E-state index in [4.69, 9.17) is 9.51 Å². The quantitative estimate of drug-likeness (QED) is 0.145. The summed E-state index contributed by atoms with van der Waals surface area (Å²) in [4.78, 5) is 47.4. The molecule has 0 saturated carbocycles. The van der Waals surface area contributed by atoms with E-state index in [0.717, 1.165) is 11.1 Å². The molecule has 0 radical (unpaired) electrons. The van der Waals surface area contributed by atoms with Crippen molar-refractivity contribution in [2.45, 2.75) is 13.5 Å². The Balaban J connectivity index is 1.33. The Morgan fingerprint density at radius 1 is 0.796 bits per heavy atom. The average molecular weight is 650 g/mol. The maximum atomic E-state index is 14.0. The van der Waals surface area contributed by atoms with Crippen LogP contribution in [0.5, 0.6) is 0 Å². The van der Waals surface area contributed by atoms with Crippen LogP contribution >= 0.6 is 0 Å². The van der Waals surface area contributed by atoms with Gasteiger partial charge in [0.1, 0.15) is 17.1 Å². The molecule has 0 atom stereocenters. The molecule has 0 unspecified atom stereocenters. The first-order valence-corrected chi connectivity index (χ1v) is 15.2. The van der Waals surface area contributed by atoms with Crippen LogP contribution in [0.15, 0.2) is 125 Å².